The van der Waals surface area contributed by atoms with E-state index in [2.05, 4.69) is 19.9 Å². The maximum absolute atomic E-state index is 10.4. The minimum atomic E-state index is -0.711. The predicted molar refractivity (Wildman–Crippen MR) is 59.1 cm³/mol. The van der Waals surface area contributed by atoms with Gasteiger partial charge in [0.1, 0.15) is 0 Å². The molecule has 0 amide bonds. The van der Waals surface area contributed by atoms with Crippen molar-refractivity contribution < 1.29 is 9.90 Å². The summed E-state index contributed by atoms with van der Waals surface area (Å²) in [5.74, 6) is 0.298. The zero-order valence-corrected chi connectivity index (χ0v) is 9.50. The van der Waals surface area contributed by atoms with E-state index in [1.54, 1.807) is 11.8 Å². The van der Waals surface area contributed by atoms with E-state index in [0.29, 0.717) is 6.42 Å². The van der Waals surface area contributed by atoms with Crippen LogP contribution in [0.25, 0.3) is 0 Å². The summed E-state index contributed by atoms with van der Waals surface area (Å²) < 4.78 is 0.211. The van der Waals surface area contributed by atoms with E-state index in [0.717, 1.165) is 5.75 Å². The average Bonchev–Trinajstić information content (AvgIpc) is 1.99. The molecule has 0 unspecified atom stereocenters. The molecular weight excluding hydrogens is 204 g/mol. The predicted octanol–water partition coefficient (Wildman–Crippen LogP) is 2.95. The van der Waals surface area contributed by atoms with Crippen LogP contribution in [0.1, 0.15) is 26.7 Å². The van der Waals surface area contributed by atoms with Gasteiger partial charge in [-0.3, -0.25) is 4.79 Å². The van der Waals surface area contributed by atoms with Crippen LogP contribution in [0.15, 0.2) is 11.0 Å². The molecule has 0 spiro atoms. The molecule has 0 aliphatic carbocycles. The van der Waals surface area contributed by atoms with E-state index in [1.165, 1.54) is 4.91 Å². The van der Waals surface area contributed by atoms with Crippen LogP contribution in [0.3, 0.4) is 0 Å². The number of aliphatic carboxylic acids is 1. The summed E-state index contributed by atoms with van der Waals surface area (Å²) in [4.78, 5) is 11.6. The fourth-order valence-electron chi connectivity index (χ4n) is 1.11. The van der Waals surface area contributed by atoms with Gasteiger partial charge in [0.25, 0.3) is 0 Å². The Labute approximate surface area is 87.2 Å². The fourth-order valence-corrected chi connectivity index (χ4v) is 3.66. The van der Waals surface area contributed by atoms with Gasteiger partial charge < -0.3 is 5.11 Å². The molecule has 0 fully saturated rings. The number of hydrogen-bond donors (Lipinski definition) is 1. The molecule has 0 saturated heterocycles. The number of allylic oxidation sites excluding steroid dienone is 1. The highest BCUT2D eigenvalue weighted by Gasteiger charge is 2.24. The molecule has 0 radical (unpaired) electrons. The lowest BCUT2D eigenvalue weighted by atomic mass is 10.3. The lowest BCUT2D eigenvalue weighted by Gasteiger charge is -2.28. The fraction of sp³-hybridized carbons (Fsp3) is 0.667. The van der Waals surface area contributed by atoms with Crippen molar-refractivity contribution in [2.45, 2.75) is 30.8 Å². The van der Waals surface area contributed by atoms with Gasteiger partial charge in [0, 0.05) is 12.2 Å². The highest BCUT2D eigenvalue weighted by Crippen LogP contribution is 2.45. The Morgan fingerprint density at radius 3 is 2.92 bits per heavy atom. The average molecular weight is 218 g/mol. The molecule has 1 N–H and O–H groups in total. The normalized spacial score (nSPS) is 20.9. The number of hydrogen-bond acceptors (Lipinski definition) is 3. The van der Waals surface area contributed by atoms with Crippen molar-refractivity contribution in [1.82, 2.24) is 0 Å². The third-order valence-electron chi connectivity index (χ3n) is 1.70. The lowest BCUT2D eigenvalue weighted by Crippen LogP contribution is -2.13. The van der Waals surface area contributed by atoms with E-state index < -0.39 is 5.97 Å². The molecule has 1 aliphatic heterocycles. The largest absolute Gasteiger partial charge is 0.481 e. The van der Waals surface area contributed by atoms with Gasteiger partial charge in [0.15, 0.2) is 0 Å². The van der Waals surface area contributed by atoms with E-state index in [1.807, 2.05) is 11.8 Å². The molecule has 0 bridgehead atoms. The van der Waals surface area contributed by atoms with Crippen molar-refractivity contribution in [2.75, 3.05) is 5.75 Å². The first-order valence-electron chi connectivity index (χ1n) is 4.23. The molecule has 0 atom stereocenters. The Bertz CT molecular complexity index is 234. The number of carbonyl (C=O) groups is 1. The zero-order valence-electron chi connectivity index (χ0n) is 7.87. The van der Waals surface area contributed by atoms with E-state index in [9.17, 15) is 4.79 Å². The summed E-state index contributed by atoms with van der Waals surface area (Å²) in [5.41, 5.74) is 0. The molecule has 1 aliphatic rings. The third-order valence-corrected chi connectivity index (χ3v) is 4.46. The molecule has 0 saturated carbocycles. The summed E-state index contributed by atoms with van der Waals surface area (Å²) in [5, 5.41) is 8.53. The zero-order chi connectivity index (χ0) is 9.90. The summed E-state index contributed by atoms with van der Waals surface area (Å²) in [7, 11) is 0. The van der Waals surface area contributed by atoms with Gasteiger partial charge in [-0.15, -0.1) is 23.5 Å². The highest BCUT2D eigenvalue weighted by molar-refractivity contribution is 8.20. The van der Waals surface area contributed by atoms with Gasteiger partial charge >= 0.3 is 5.97 Å². The second-order valence-electron chi connectivity index (χ2n) is 3.38. The molecule has 1 rings (SSSR count). The molecule has 4 heteroatoms. The Morgan fingerprint density at radius 1 is 1.69 bits per heavy atom. The molecule has 13 heavy (non-hydrogen) atoms. The van der Waals surface area contributed by atoms with Crippen LogP contribution >= 0.6 is 23.5 Å². The monoisotopic (exact) mass is 218 g/mol. The maximum Gasteiger partial charge on any atom is 0.303 e. The molecule has 0 aromatic heterocycles. The van der Waals surface area contributed by atoms with Crippen molar-refractivity contribution in [1.29, 1.82) is 0 Å². The van der Waals surface area contributed by atoms with Crippen molar-refractivity contribution in [3.63, 3.8) is 0 Å². The molecule has 0 aromatic carbocycles. The highest BCUT2D eigenvalue weighted by atomic mass is 32.2. The van der Waals surface area contributed by atoms with E-state index in [4.69, 9.17) is 5.11 Å². The Hall–Kier alpha value is -0.0900. The van der Waals surface area contributed by atoms with Gasteiger partial charge in [-0.1, -0.05) is 6.08 Å². The van der Waals surface area contributed by atoms with Crippen molar-refractivity contribution in [3.05, 3.63) is 11.0 Å². The third kappa shape index (κ3) is 4.09. The smallest absolute Gasteiger partial charge is 0.303 e. The van der Waals surface area contributed by atoms with Gasteiger partial charge in [-0.25, -0.2) is 0 Å². The van der Waals surface area contributed by atoms with Crippen LogP contribution in [-0.2, 0) is 4.79 Å². The van der Waals surface area contributed by atoms with Crippen molar-refractivity contribution >= 4 is 29.5 Å². The Morgan fingerprint density at radius 2 is 2.38 bits per heavy atom. The summed E-state index contributed by atoms with van der Waals surface area (Å²) in [6, 6.07) is 0. The summed E-state index contributed by atoms with van der Waals surface area (Å²) >= 11 is 3.69. The van der Waals surface area contributed by atoms with Crippen LogP contribution in [-0.4, -0.2) is 20.9 Å². The molecule has 2 nitrogen and oxygen atoms in total. The molecule has 74 valence electrons. The quantitative estimate of drug-likeness (QED) is 0.790. The lowest BCUT2D eigenvalue weighted by molar-refractivity contribution is -0.136. The van der Waals surface area contributed by atoms with Crippen molar-refractivity contribution in [3.8, 4) is 0 Å². The first-order valence-corrected chi connectivity index (χ1v) is 6.03. The van der Waals surface area contributed by atoms with Crippen LogP contribution in [0, 0.1) is 0 Å². The number of thioether (sulfide) groups is 2. The Kier molecular flexibility index (Phi) is 3.74. The minimum absolute atomic E-state index is 0.211. The summed E-state index contributed by atoms with van der Waals surface area (Å²) in [6.07, 6.45) is 3.08. The topological polar surface area (TPSA) is 37.3 Å². The second-order valence-corrected chi connectivity index (χ2v) is 7.03. The summed E-state index contributed by atoms with van der Waals surface area (Å²) in [6.45, 7) is 4.35. The van der Waals surface area contributed by atoms with Crippen LogP contribution in [0.4, 0.5) is 0 Å². The maximum atomic E-state index is 10.4. The SMILES string of the molecule is CC1(C)SCC=C(CCC(=O)O)S1. The standard InChI is InChI=1S/C9H14O2S2/c1-9(2)12-6-5-7(13-9)3-4-8(10)11/h5H,3-4,6H2,1-2H3,(H,10,11). The van der Waals surface area contributed by atoms with Gasteiger partial charge in [0.05, 0.1) is 4.08 Å². The van der Waals surface area contributed by atoms with Gasteiger partial charge in [0.2, 0.25) is 0 Å². The molecule has 0 aromatic rings. The van der Waals surface area contributed by atoms with Crippen LogP contribution in [0.2, 0.25) is 0 Å². The van der Waals surface area contributed by atoms with Crippen molar-refractivity contribution in [2.24, 2.45) is 0 Å². The molecular formula is C9H14O2S2. The van der Waals surface area contributed by atoms with E-state index in [-0.39, 0.29) is 10.5 Å². The number of rotatable bonds is 3. The van der Waals surface area contributed by atoms with Gasteiger partial charge in [-0.05, 0) is 25.2 Å². The number of carboxylic acids is 1. The van der Waals surface area contributed by atoms with Crippen LogP contribution in [0.5, 0.6) is 0 Å². The Balaban J connectivity index is 2.42. The second kappa shape index (κ2) is 4.42. The van der Waals surface area contributed by atoms with Crippen LogP contribution < -0.4 is 0 Å². The number of carboxylic acid groups (broad SMARTS) is 1. The first kappa shape index (κ1) is 11.0. The first-order chi connectivity index (χ1) is 5.99. The van der Waals surface area contributed by atoms with E-state index >= 15 is 0 Å². The molecule has 1 heterocycles. The minimum Gasteiger partial charge on any atom is -0.481 e. The van der Waals surface area contributed by atoms with Gasteiger partial charge in [-0.2, -0.15) is 0 Å².